The zero-order valence-corrected chi connectivity index (χ0v) is 5.40. The van der Waals surface area contributed by atoms with E-state index >= 15 is 0 Å². The fraction of sp³-hybridized carbons (Fsp3) is 0.667. The van der Waals surface area contributed by atoms with Gasteiger partial charge in [0.25, 0.3) is 0 Å². The second-order valence-corrected chi connectivity index (χ2v) is 5.45. The normalized spacial score (nSPS) is 10.6. The minimum absolute atomic E-state index is 1.39. The highest BCUT2D eigenvalue weighted by atomic mass is 31.2. The number of hydrogen-bond acceptors (Lipinski definition) is 2. The highest BCUT2D eigenvalue weighted by Crippen LogP contribution is 2.28. The Hall–Kier alpha value is -0.300. The minimum Gasteiger partial charge on any atom is -0.256 e. The fourth-order valence-electron chi connectivity index (χ4n) is 0.111. The first-order valence-corrected chi connectivity index (χ1v) is 4.71. The van der Waals surface area contributed by atoms with E-state index in [2.05, 4.69) is 16.8 Å². The predicted molar refractivity (Wildman–Crippen MR) is 34.8 cm³/mol. The van der Waals surface area contributed by atoms with Gasteiger partial charge in [-0.1, -0.05) is 6.30 Å². The molecule has 0 spiro atoms. The lowest BCUT2D eigenvalue weighted by molar-refractivity contribution is 1.07. The zero-order chi connectivity index (χ0) is 5.91. The second-order valence-electron chi connectivity index (χ2n) is 1.88. The Labute approximate surface area is 43.1 Å². The molecule has 0 heterocycles. The molecule has 0 aliphatic rings. The largest absolute Gasteiger partial charge is 0.256 e. The lowest BCUT2D eigenvalue weighted by Gasteiger charge is -2.05. The first kappa shape index (κ1) is 6.70. The second kappa shape index (κ2) is 2.12. The number of rotatable bonds is 2. The van der Waals surface area contributed by atoms with Crippen LogP contribution in [0.3, 0.4) is 0 Å². The number of nitrogens with one attached hydrogen (secondary N) is 1. The number of nitrogens with zero attached hydrogens (tertiary/aromatic N) is 1. The summed E-state index contributed by atoms with van der Waals surface area (Å²) >= 11 is 0. The van der Waals surface area contributed by atoms with Gasteiger partial charge >= 0.3 is 0 Å². The monoisotopic (exact) mass is 120 g/mol. The van der Waals surface area contributed by atoms with Gasteiger partial charge in [0.1, 0.15) is 0 Å². The average molecular weight is 120 g/mol. The highest BCUT2D eigenvalue weighted by molar-refractivity contribution is 7.70. The van der Waals surface area contributed by atoms with Crippen LogP contribution in [0.2, 0.25) is 0 Å². The van der Waals surface area contributed by atoms with E-state index in [1.165, 1.54) is 0 Å². The van der Waals surface area contributed by atoms with Gasteiger partial charge in [-0.3, -0.25) is 5.20 Å². The molecule has 0 aromatic rings. The van der Waals surface area contributed by atoms with Crippen molar-refractivity contribution in [3.8, 4) is 0 Å². The van der Waals surface area contributed by atoms with E-state index in [1.807, 2.05) is 13.3 Å². The third-order valence-corrected chi connectivity index (χ3v) is 0.935. The molecule has 0 atom stereocenters. The van der Waals surface area contributed by atoms with Crippen molar-refractivity contribution in [2.24, 2.45) is 5.29 Å². The van der Waals surface area contributed by atoms with Gasteiger partial charge in [-0.2, -0.15) is 0 Å². The predicted octanol–water partition coefficient (Wildman–Crippen LogP) is 0.882. The molecule has 0 saturated heterocycles. The molecule has 0 aliphatic carbocycles. The van der Waals surface area contributed by atoms with Gasteiger partial charge in [0.15, 0.2) is 0 Å². The van der Waals surface area contributed by atoms with E-state index in [0.717, 1.165) is 0 Å². The topological polar surface area (TPSA) is 41.5 Å². The number of nitroso groups, excluding NO2 is 1. The quantitative estimate of drug-likeness (QED) is 0.334. The van der Waals surface area contributed by atoms with Crippen LogP contribution < -0.4 is 5.20 Å². The summed E-state index contributed by atoms with van der Waals surface area (Å²) in [4.78, 5) is 9.45. The molecule has 0 bridgehead atoms. The first-order chi connectivity index (χ1) is 3.06. The Balaban J connectivity index is 3.57. The molecule has 0 radical (unpaired) electrons. The number of hydrogen-bond donors (Lipinski definition) is 1. The molecular weight excluding hydrogens is 111 g/mol. The SMILES string of the molecule is C=P(C)(C)NN=O. The van der Waals surface area contributed by atoms with Crippen molar-refractivity contribution in [3.05, 3.63) is 4.91 Å². The summed E-state index contributed by atoms with van der Waals surface area (Å²) in [6, 6.07) is 0. The lowest BCUT2D eigenvalue weighted by atomic mass is 11.9. The molecular formula is C3H9N2OP. The molecule has 0 rings (SSSR count). The smallest absolute Gasteiger partial charge is 0.0530 e. The van der Waals surface area contributed by atoms with Crippen LogP contribution in [0.15, 0.2) is 5.29 Å². The molecule has 4 heteroatoms. The maximum Gasteiger partial charge on any atom is 0.0530 e. The van der Waals surface area contributed by atoms with Crippen LogP contribution in [-0.4, -0.2) is 19.6 Å². The molecule has 0 aliphatic heterocycles. The average Bonchev–Trinajstić information content (AvgIpc) is 1.30. The van der Waals surface area contributed by atoms with Crippen molar-refractivity contribution in [3.63, 3.8) is 0 Å². The van der Waals surface area contributed by atoms with Crippen molar-refractivity contribution >= 4 is 13.3 Å². The Kier molecular flexibility index (Phi) is 2.03. The third-order valence-electron chi connectivity index (χ3n) is 0.312. The Morgan fingerprint density at radius 1 is 1.71 bits per heavy atom. The Morgan fingerprint density at radius 2 is 2.14 bits per heavy atom. The van der Waals surface area contributed by atoms with Gasteiger partial charge in [0, 0.05) is 0 Å². The summed E-state index contributed by atoms with van der Waals surface area (Å²) in [5.41, 5.74) is 0. The first-order valence-electron chi connectivity index (χ1n) is 1.84. The Morgan fingerprint density at radius 3 is 2.14 bits per heavy atom. The minimum atomic E-state index is -1.39. The van der Waals surface area contributed by atoms with E-state index < -0.39 is 7.04 Å². The summed E-state index contributed by atoms with van der Waals surface area (Å²) in [5.74, 6) is 0. The maximum absolute atomic E-state index is 9.45. The van der Waals surface area contributed by atoms with Gasteiger partial charge in [0.2, 0.25) is 0 Å². The van der Waals surface area contributed by atoms with Crippen molar-refractivity contribution < 1.29 is 0 Å². The molecule has 0 saturated carbocycles. The molecule has 42 valence electrons. The van der Waals surface area contributed by atoms with Gasteiger partial charge in [-0.05, 0) is 20.4 Å². The summed E-state index contributed by atoms with van der Waals surface area (Å²) in [6.45, 7) is 3.74. The molecule has 3 nitrogen and oxygen atoms in total. The maximum atomic E-state index is 9.45. The van der Waals surface area contributed by atoms with Crippen LogP contribution in [-0.2, 0) is 0 Å². The van der Waals surface area contributed by atoms with Crippen LogP contribution in [0, 0.1) is 4.91 Å². The fourth-order valence-corrected chi connectivity index (χ4v) is 0.332. The molecule has 0 unspecified atom stereocenters. The van der Waals surface area contributed by atoms with Crippen LogP contribution in [0.25, 0.3) is 0 Å². The summed E-state index contributed by atoms with van der Waals surface area (Å²) < 4.78 is 0. The molecule has 0 amide bonds. The van der Waals surface area contributed by atoms with Crippen LogP contribution in [0.5, 0.6) is 0 Å². The molecule has 1 N–H and O–H groups in total. The van der Waals surface area contributed by atoms with Crippen molar-refractivity contribution in [1.29, 1.82) is 0 Å². The van der Waals surface area contributed by atoms with E-state index in [-0.39, 0.29) is 0 Å². The van der Waals surface area contributed by atoms with Crippen LogP contribution in [0.1, 0.15) is 0 Å². The van der Waals surface area contributed by atoms with Crippen molar-refractivity contribution in [1.82, 2.24) is 5.20 Å². The molecule has 0 fully saturated rings. The highest BCUT2D eigenvalue weighted by Gasteiger charge is 1.91. The summed E-state index contributed by atoms with van der Waals surface area (Å²) in [7, 11) is -1.39. The molecule has 0 aromatic heterocycles. The molecule has 7 heavy (non-hydrogen) atoms. The van der Waals surface area contributed by atoms with Gasteiger partial charge < -0.3 is 0 Å². The Bertz CT molecular complexity index is 106. The molecule has 0 aromatic carbocycles. The van der Waals surface area contributed by atoms with Gasteiger partial charge in [-0.25, -0.2) is 0 Å². The van der Waals surface area contributed by atoms with E-state index in [4.69, 9.17) is 0 Å². The summed E-state index contributed by atoms with van der Waals surface area (Å²) in [5, 5.41) is 4.85. The van der Waals surface area contributed by atoms with Gasteiger partial charge in [0.05, 0.1) is 5.29 Å². The van der Waals surface area contributed by atoms with Crippen LogP contribution in [0.4, 0.5) is 0 Å². The van der Waals surface area contributed by atoms with Gasteiger partial charge in [-0.15, -0.1) is 4.91 Å². The van der Waals surface area contributed by atoms with Crippen molar-refractivity contribution in [2.75, 3.05) is 13.3 Å². The van der Waals surface area contributed by atoms with E-state index in [1.54, 1.807) is 0 Å². The van der Waals surface area contributed by atoms with E-state index in [9.17, 15) is 4.91 Å². The third kappa shape index (κ3) is 5.70. The summed E-state index contributed by atoms with van der Waals surface area (Å²) in [6.07, 6.45) is 3.67. The van der Waals surface area contributed by atoms with Crippen molar-refractivity contribution in [2.45, 2.75) is 0 Å². The lowest BCUT2D eigenvalue weighted by Crippen LogP contribution is -1.96. The van der Waals surface area contributed by atoms with E-state index in [0.29, 0.717) is 0 Å². The zero-order valence-electron chi connectivity index (χ0n) is 4.51. The standard InChI is InChI=1S/C3H9N2OP/c1-7(2,3)5-4-6/h1H2,2-3H3,(H,5,6). The van der Waals surface area contributed by atoms with Crippen LogP contribution >= 0.6 is 7.04 Å².